The Kier molecular flexibility index (Phi) is 8.27. The first kappa shape index (κ1) is 24.6. The number of rotatable bonds is 11. The van der Waals surface area contributed by atoms with Gasteiger partial charge in [-0.1, -0.05) is 18.2 Å². The van der Waals surface area contributed by atoms with Crippen LogP contribution < -0.4 is 20.2 Å². The number of nitrogens with one attached hydrogen (secondary N) is 2. The van der Waals surface area contributed by atoms with Crippen molar-refractivity contribution in [1.29, 1.82) is 0 Å². The fourth-order valence-corrected chi connectivity index (χ4v) is 2.91. The molecule has 0 atom stereocenters. The molecule has 2 N–H and O–H groups in total. The van der Waals surface area contributed by atoms with Gasteiger partial charge in [0, 0.05) is 11.8 Å². The zero-order valence-electron chi connectivity index (χ0n) is 18.5. The number of nitro benzene ring substituents is 2. The minimum atomic E-state index is -0.738. The Morgan fingerprint density at radius 1 is 0.971 bits per heavy atom. The van der Waals surface area contributed by atoms with Crippen molar-refractivity contribution in [3.8, 4) is 11.5 Å². The number of ether oxygens (including phenoxy) is 2. The highest BCUT2D eigenvalue weighted by molar-refractivity contribution is 5.91. The largest absolute Gasteiger partial charge is 0.490 e. The van der Waals surface area contributed by atoms with Crippen molar-refractivity contribution in [3.63, 3.8) is 0 Å². The van der Waals surface area contributed by atoms with Gasteiger partial charge in [-0.3, -0.25) is 30.4 Å². The van der Waals surface area contributed by atoms with Gasteiger partial charge in [0.15, 0.2) is 18.1 Å². The van der Waals surface area contributed by atoms with E-state index in [4.69, 9.17) is 9.47 Å². The average Bonchev–Trinajstić information content (AvgIpc) is 2.84. The number of hydrogen-bond donors (Lipinski definition) is 2. The molecular formula is C23H21N5O7. The molecule has 180 valence electrons. The van der Waals surface area contributed by atoms with Gasteiger partial charge in [-0.05, 0) is 48.9 Å². The molecule has 3 rings (SSSR count). The third kappa shape index (κ3) is 6.99. The lowest BCUT2D eigenvalue weighted by Crippen LogP contribution is -2.20. The number of carbonyl (C=O) groups excluding carboxylic acids is 1. The monoisotopic (exact) mass is 479 g/mol. The van der Waals surface area contributed by atoms with Gasteiger partial charge in [0.25, 0.3) is 11.6 Å². The first-order chi connectivity index (χ1) is 16.9. The Morgan fingerprint density at radius 3 is 2.43 bits per heavy atom. The minimum Gasteiger partial charge on any atom is -0.490 e. The highest BCUT2D eigenvalue weighted by atomic mass is 16.6. The summed E-state index contributed by atoms with van der Waals surface area (Å²) in [4.78, 5) is 32.8. The van der Waals surface area contributed by atoms with Crippen LogP contribution in [-0.4, -0.2) is 35.2 Å². The van der Waals surface area contributed by atoms with E-state index in [9.17, 15) is 25.0 Å². The number of para-hydroxylation sites is 1. The van der Waals surface area contributed by atoms with E-state index in [0.717, 1.165) is 12.1 Å². The number of nitrogens with zero attached hydrogens (tertiary/aromatic N) is 3. The van der Waals surface area contributed by atoms with Crippen molar-refractivity contribution in [2.24, 2.45) is 5.10 Å². The van der Waals surface area contributed by atoms with E-state index in [2.05, 4.69) is 15.8 Å². The van der Waals surface area contributed by atoms with Crippen LogP contribution in [0.2, 0.25) is 0 Å². The van der Waals surface area contributed by atoms with Crippen LogP contribution >= 0.6 is 0 Å². The predicted molar refractivity (Wildman–Crippen MR) is 129 cm³/mol. The average molecular weight is 479 g/mol. The minimum absolute atomic E-state index is 0.00809. The standard InChI is InChI=1S/C23H21N5O7/c1-2-34-22-12-16(8-11-21(22)35-15-23(29)25-17-6-4-3-5-7-17)14-24-26-19-10-9-18(27(30)31)13-20(19)28(32)33/h3-14,26H,2,15H2,1H3,(H,25,29)/b24-14-. The summed E-state index contributed by atoms with van der Waals surface area (Å²) in [5, 5.41) is 28.8. The first-order valence-corrected chi connectivity index (χ1v) is 10.3. The molecule has 3 aromatic rings. The molecular weight excluding hydrogens is 458 g/mol. The van der Waals surface area contributed by atoms with E-state index in [-0.39, 0.29) is 18.2 Å². The Bertz CT molecular complexity index is 1250. The van der Waals surface area contributed by atoms with Crippen molar-refractivity contribution in [1.82, 2.24) is 0 Å². The lowest BCUT2D eigenvalue weighted by Gasteiger charge is -2.12. The lowest BCUT2D eigenvalue weighted by molar-refractivity contribution is -0.393. The fraction of sp³-hybridized carbons (Fsp3) is 0.130. The quantitative estimate of drug-likeness (QED) is 0.233. The van der Waals surface area contributed by atoms with Gasteiger partial charge in [0.05, 0.1) is 28.7 Å². The number of non-ortho nitro benzene ring substituents is 1. The molecule has 3 aromatic carbocycles. The summed E-state index contributed by atoms with van der Waals surface area (Å²) in [5.74, 6) is 0.398. The van der Waals surface area contributed by atoms with Gasteiger partial charge in [0.1, 0.15) is 5.69 Å². The summed E-state index contributed by atoms with van der Waals surface area (Å²) >= 11 is 0. The molecule has 0 aromatic heterocycles. The van der Waals surface area contributed by atoms with Crippen molar-refractivity contribution < 1.29 is 24.1 Å². The Morgan fingerprint density at radius 2 is 1.74 bits per heavy atom. The normalized spacial score (nSPS) is 10.5. The molecule has 0 aliphatic rings. The molecule has 0 saturated heterocycles. The number of anilines is 2. The lowest BCUT2D eigenvalue weighted by atomic mass is 10.2. The molecule has 0 heterocycles. The SMILES string of the molecule is CCOc1cc(/C=N\Nc2ccc([N+](=O)[O-])cc2[N+](=O)[O-])ccc1OCC(=O)Nc1ccccc1. The molecule has 1 amide bonds. The van der Waals surface area contributed by atoms with E-state index in [0.29, 0.717) is 29.4 Å². The first-order valence-electron chi connectivity index (χ1n) is 10.3. The summed E-state index contributed by atoms with van der Waals surface area (Å²) in [7, 11) is 0. The Balaban J connectivity index is 1.67. The zero-order chi connectivity index (χ0) is 25.2. The summed E-state index contributed by atoms with van der Waals surface area (Å²) in [5.41, 5.74) is 2.85. The maximum absolute atomic E-state index is 12.1. The fourth-order valence-electron chi connectivity index (χ4n) is 2.91. The van der Waals surface area contributed by atoms with Gasteiger partial charge >= 0.3 is 5.69 Å². The molecule has 12 heteroatoms. The van der Waals surface area contributed by atoms with Crippen LogP contribution in [0.3, 0.4) is 0 Å². The second-order valence-electron chi connectivity index (χ2n) is 6.93. The summed E-state index contributed by atoms with van der Waals surface area (Å²) in [6, 6.07) is 17.1. The van der Waals surface area contributed by atoms with Gasteiger partial charge in [-0.2, -0.15) is 5.10 Å². The highest BCUT2D eigenvalue weighted by Crippen LogP contribution is 2.30. The third-order valence-electron chi connectivity index (χ3n) is 4.47. The van der Waals surface area contributed by atoms with Crippen LogP contribution in [0.4, 0.5) is 22.7 Å². The maximum atomic E-state index is 12.1. The topological polar surface area (TPSA) is 158 Å². The number of benzene rings is 3. The molecule has 35 heavy (non-hydrogen) atoms. The molecule has 12 nitrogen and oxygen atoms in total. The van der Waals surface area contributed by atoms with Crippen molar-refractivity contribution >= 4 is 34.9 Å². The van der Waals surface area contributed by atoms with E-state index in [1.54, 1.807) is 49.4 Å². The van der Waals surface area contributed by atoms with Crippen LogP contribution in [-0.2, 0) is 4.79 Å². The highest BCUT2D eigenvalue weighted by Gasteiger charge is 2.19. The Labute approximate surface area is 199 Å². The van der Waals surface area contributed by atoms with Crippen molar-refractivity contribution in [2.75, 3.05) is 24.0 Å². The second kappa shape index (κ2) is 11.7. The van der Waals surface area contributed by atoms with Gasteiger partial charge in [-0.15, -0.1) is 0 Å². The Hall–Kier alpha value is -5.00. The summed E-state index contributed by atoms with van der Waals surface area (Å²) in [6.07, 6.45) is 1.39. The number of hydrogen-bond acceptors (Lipinski definition) is 9. The number of carbonyl (C=O) groups is 1. The number of nitro groups is 2. The van der Waals surface area contributed by atoms with Gasteiger partial charge in [0.2, 0.25) is 0 Å². The van der Waals surface area contributed by atoms with Crippen LogP contribution in [0.15, 0.2) is 71.8 Å². The molecule has 0 fully saturated rings. The zero-order valence-corrected chi connectivity index (χ0v) is 18.5. The van der Waals surface area contributed by atoms with Crippen molar-refractivity contribution in [2.45, 2.75) is 6.92 Å². The van der Waals surface area contributed by atoms with Crippen molar-refractivity contribution in [3.05, 3.63) is 92.5 Å². The maximum Gasteiger partial charge on any atom is 0.301 e. The van der Waals surface area contributed by atoms with E-state index < -0.39 is 21.2 Å². The van der Waals surface area contributed by atoms with E-state index in [1.165, 1.54) is 12.3 Å². The van der Waals surface area contributed by atoms with Crippen LogP contribution in [0.1, 0.15) is 12.5 Å². The second-order valence-corrected chi connectivity index (χ2v) is 6.93. The number of amides is 1. The molecule has 0 unspecified atom stereocenters. The molecule has 0 spiro atoms. The smallest absolute Gasteiger partial charge is 0.301 e. The predicted octanol–water partition coefficient (Wildman–Crippen LogP) is 4.37. The van der Waals surface area contributed by atoms with E-state index >= 15 is 0 Å². The number of hydrazone groups is 1. The summed E-state index contributed by atoms with van der Waals surface area (Å²) < 4.78 is 11.2. The molecule has 0 saturated carbocycles. The third-order valence-corrected chi connectivity index (χ3v) is 4.47. The van der Waals surface area contributed by atoms with Crippen LogP contribution in [0, 0.1) is 20.2 Å². The molecule has 0 aliphatic heterocycles. The van der Waals surface area contributed by atoms with Crippen LogP contribution in [0.5, 0.6) is 11.5 Å². The van der Waals surface area contributed by atoms with Gasteiger partial charge in [-0.25, -0.2) is 0 Å². The van der Waals surface area contributed by atoms with Gasteiger partial charge < -0.3 is 14.8 Å². The van der Waals surface area contributed by atoms with E-state index in [1.807, 2.05) is 6.07 Å². The summed E-state index contributed by atoms with van der Waals surface area (Å²) in [6.45, 7) is 1.91. The molecule has 0 radical (unpaired) electrons. The molecule has 0 bridgehead atoms. The van der Waals surface area contributed by atoms with Crippen LogP contribution in [0.25, 0.3) is 0 Å². The molecule has 0 aliphatic carbocycles.